The molecule has 1 heterocycles. The Morgan fingerprint density at radius 3 is 2.78 bits per heavy atom. The van der Waals surface area contributed by atoms with Crippen molar-refractivity contribution in [1.29, 1.82) is 0 Å². The summed E-state index contributed by atoms with van der Waals surface area (Å²) in [6, 6.07) is 4.93. The number of hydrogen-bond donors (Lipinski definition) is 3. The lowest BCUT2D eigenvalue weighted by molar-refractivity contribution is -0.136. The number of sulfonamides is 1. The molecule has 0 aliphatic heterocycles. The summed E-state index contributed by atoms with van der Waals surface area (Å²) in [6.45, 7) is 0. The molecule has 0 bridgehead atoms. The standard InChI is InChI=1S/C11H12N2O4S/c1-18(16,17)13-8-2-3-10-9(5-8)7(6-12-10)4-11(14)15/h2-3,5-6,12-13H,4H2,1H3,(H,14,15). The second-order valence-corrected chi connectivity index (χ2v) is 5.77. The predicted molar refractivity (Wildman–Crippen MR) is 68.1 cm³/mol. The smallest absolute Gasteiger partial charge is 0.307 e. The van der Waals surface area contributed by atoms with E-state index in [1.54, 1.807) is 24.4 Å². The second kappa shape index (κ2) is 4.34. The van der Waals surface area contributed by atoms with Crippen molar-refractivity contribution in [2.24, 2.45) is 0 Å². The monoisotopic (exact) mass is 268 g/mol. The first-order chi connectivity index (χ1) is 8.35. The number of fused-ring (bicyclic) bond motifs is 1. The third-order valence-corrected chi connectivity index (χ3v) is 3.02. The minimum Gasteiger partial charge on any atom is -0.481 e. The highest BCUT2D eigenvalue weighted by atomic mass is 32.2. The van der Waals surface area contributed by atoms with Crippen molar-refractivity contribution in [2.75, 3.05) is 11.0 Å². The fourth-order valence-corrected chi connectivity index (χ4v) is 2.32. The predicted octanol–water partition coefficient (Wildman–Crippen LogP) is 1.17. The van der Waals surface area contributed by atoms with E-state index >= 15 is 0 Å². The van der Waals surface area contributed by atoms with Crippen LogP contribution in [0.5, 0.6) is 0 Å². The molecule has 0 unspecified atom stereocenters. The number of carboxylic acids is 1. The zero-order valence-corrected chi connectivity index (χ0v) is 10.4. The summed E-state index contributed by atoms with van der Waals surface area (Å²) < 4.78 is 24.6. The summed E-state index contributed by atoms with van der Waals surface area (Å²) in [5.41, 5.74) is 1.80. The van der Waals surface area contributed by atoms with E-state index in [1.807, 2.05) is 0 Å². The average Bonchev–Trinajstić information content (AvgIpc) is 2.58. The molecule has 2 aromatic rings. The number of anilines is 1. The van der Waals surface area contributed by atoms with Gasteiger partial charge in [-0.25, -0.2) is 8.42 Å². The normalized spacial score (nSPS) is 11.6. The Morgan fingerprint density at radius 2 is 2.17 bits per heavy atom. The highest BCUT2D eigenvalue weighted by Gasteiger charge is 2.09. The largest absolute Gasteiger partial charge is 0.481 e. The average molecular weight is 268 g/mol. The highest BCUT2D eigenvalue weighted by Crippen LogP contribution is 2.23. The van der Waals surface area contributed by atoms with E-state index in [9.17, 15) is 13.2 Å². The molecule has 0 saturated heterocycles. The van der Waals surface area contributed by atoms with Crippen LogP contribution < -0.4 is 4.72 Å². The van der Waals surface area contributed by atoms with Crippen LogP contribution in [-0.4, -0.2) is 30.7 Å². The summed E-state index contributed by atoms with van der Waals surface area (Å²) in [5.74, 6) is -0.933. The minimum atomic E-state index is -3.34. The van der Waals surface area contributed by atoms with E-state index < -0.39 is 16.0 Å². The maximum Gasteiger partial charge on any atom is 0.307 e. The number of aromatic nitrogens is 1. The number of nitrogens with one attached hydrogen (secondary N) is 2. The SMILES string of the molecule is CS(=O)(=O)Nc1ccc2[nH]cc(CC(=O)O)c2c1. The Morgan fingerprint density at radius 1 is 1.44 bits per heavy atom. The summed E-state index contributed by atoms with van der Waals surface area (Å²) in [5, 5.41) is 9.48. The second-order valence-electron chi connectivity index (χ2n) is 4.02. The van der Waals surface area contributed by atoms with E-state index in [1.165, 1.54) is 0 Å². The van der Waals surface area contributed by atoms with E-state index in [-0.39, 0.29) is 6.42 Å². The molecule has 96 valence electrons. The van der Waals surface area contributed by atoms with Gasteiger partial charge in [0.15, 0.2) is 0 Å². The third kappa shape index (κ3) is 2.80. The van der Waals surface area contributed by atoms with Crippen LogP contribution >= 0.6 is 0 Å². The first-order valence-corrected chi connectivity index (χ1v) is 7.04. The molecule has 0 aliphatic rings. The topological polar surface area (TPSA) is 99.3 Å². The lowest BCUT2D eigenvalue weighted by Crippen LogP contribution is -2.09. The van der Waals surface area contributed by atoms with E-state index in [0.717, 1.165) is 11.8 Å². The van der Waals surface area contributed by atoms with Gasteiger partial charge in [-0.2, -0.15) is 0 Å². The van der Waals surface area contributed by atoms with Crippen molar-refractivity contribution in [1.82, 2.24) is 4.98 Å². The summed E-state index contributed by atoms with van der Waals surface area (Å²) >= 11 is 0. The Balaban J connectivity index is 2.45. The molecule has 0 aliphatic carbocycles. The molecule has 7 heteroatoms. The van der Waals surface area contributed by atoms with Crippen molar-refractivity contribution in [3.8, 4) is 0 Å². The molecule has 18 heavy (non-hydrogen) atoms. The Hall–Kier alpha value is -2.02. The summed E-state index contributed by atoms with van der Waals surface area (Å²) in [7, 11) is -3.34. The van der Waals surface area contributed by atoms with Crippen molar-refractivity contribution in [3.63, 3.8) is 0 Å². The molecule has 3 N–H and O–H groups in total. The Bertz CT molecular complexity index is 703. The molecular formula is C11H12N2O4S. The van der Waals surface area contributed by atoms with Crippen molar-refractivity contribution in [3.05, 3.63) is 30.0 Å². The number of aliphatic carboxylic acids is 1. The van der Waals surface area contributed by atoms with E-state index in [4.69, 9.17) is 5.11 Å². The van der Waals surface area contributed by atoms with Crippen LogP contribution in [-0.2, 0) is 21.2 Å². The molecule has 1 aromatic carbocycles. The van der Waals surface area contributed by atoms with Crippen molar-refractivity contribution in [2.45, 2.75) is 6.42 Å². The molecule has 0 amide bonds. The summed E-state index contributed by atoms with van der Waals surface area (Å²) in [6.07, 6.45) is 2.57. The zero-order valence-electron chi connectivity index (χ0n) is 9.60. The van der Waals surface area contributed by atoms with Crippen molar-refractivity contribution < 1.29 is 18.3 Å². The van der Waals surface area contributed by atoms with Crippen LogP contribution in [0.1, 0.15) is 5.56 Å². The fraction of sp³-hybridized carbons (Fsp3) is 0.182. The number of H-pyrrole nitrogens is 1. The van der Waals surface area contributed by atoms with Gasteiger partial charge in [-0.15, -0.1) is 0 Å². The fourth-order valence-electron chi connectivity index (χ4n) is 1.77. The van der Waals surface area contributed by atoms with Gasteiger partial charge in [-0.3, -0.25) is 9.52 Å². The van der Waals surface area contributed by atoms with Gasteiger partial charge in [0, 0.05) is 22.8 Å². The van der Waals surface area contributed by atoms with Crippen LogP contribution in [0.25, 0.3) is 10.9 Å². The summed E-state index contributed by atoms with van der Waals surface area (Å²) in [4.78, 5) is 13.6. The van der Waals surface area contributed by atoms with Gasteiger partial charge in [-0.05, 0) is 23.8 Å². The quantitative estimate of drug-likeness (QED) is 0.775. The van der Waals surface area contributed by atoms with Gasteiger partial charge in [0.1, 0.15) is 0 Å². The van der Waals surface area contributed by atoms with Gasteiger partial charge < -0.3 is 10.1 Å². The van der Waals surface area contributed by atoms with Crippen molar-refractivity contribution >= 4 is 32.6 Å². The molecule has 6 nitrogen and oxygen atoms in total. The minimum absolute atomic E-state index is 0.109. The van der Waals surface area contributed by atoms with Crippen LogP contribution in [0.15, 0.2) is 24.4 Å². The Labute approximate surface area is 104 Å². The maximum atomic E-state index is 11.1. The molecule has 0 atom stereocenters. The number of benzene rings is 1. The lowest BCUT2D eigenvalue weighted by atomic mass is 10.1. The van der Waals surface area contributed by atoms with Crippen LogP contribution in [0, 0.1) is 0 Å². The van der Waals surface area contributed by atoms with Gasteiger partial charge in [0.05, 0.1) is 12.7 Å². The molecule has 0 spiro atoms. The Kier molecular flexibility index (Phi) is 3.00. The molecule has 0 fully saturated rings. The molecule has 0 saturated carbocycles. The highest BCUT2D eigenvalue weighted by molar-refractivity contribution is 7.92. The molecule has 2 rings (SSSR count). The molecular weight excluding hydrogens is 256 g/mol. The first kappa shape index (κ1) is 12.4. The number of carbonyl (C=O) groups is 1. The zero-order chi connectivity index (χ0) is 13.3. The lowest BCUT2D eigenvalue weighted by Gasteiger charge is -2.04. The van der Waals surface area contributed by atoms with Gasteiger partial charge >= 0.3 is 5.97 Å². The van der Waals surface area contributed by atoms with Crippen LogP contribution in [0.3, 0.4) is 0 Å². The first-order valence-electron chi connectivity index (χ1n) is 5.15. The number of carboxylic acid groups (broad SMARTS) is 1. The van der Waals surface area contributed by atoms with Crippen LogP contribution in [0.2, 0.25) is 0 Å². The number of hydrogen-bond acceptors (Lipinski definition) is 3. The van der Waals surface area contributed by atoms with Gasteiger partial charge in [0.25, 0.3) is 0 Å². The number of rotatable bonds is 4. The maximum absolute atomic E-state index is 11.1. The number of aromatic amines is 1. The van der Waals surface area contributed by atoms with E-state index in [0.29, 0.717) is 16.6 Å². The van der Waals surface area contributed by atoms with E-state index in [2.05, 4.69) is 9.71 Å². The van der Waals surface area contributed by atoms with Crippen LogP contribution in [0.4, 0.5) is 5.69 Å². The third-order valence-electron chi connectivity index (χ3n) is 2.41. The van der Waals surface area contributed by atoms with Gasteiger partial charge in [-0.1, -0.05) is 0 Å². The molecule has 0 radical (unpaired) electrons. The van der Waals surface area contributed by atoms with Gasteiger partial charge in [0.2, 0.25) is 10.0 Å². The molecule has 1 aromatic heterocycles.